The van der Waals surface area contributed by atoms with E-state index in [1.807, 2.05) is 6.08 Å². The molecule has 0 aromatic carbocycles. The minimum absolute atomic E-state index is 0.0903. The van der Waals surface area contributed by atoms with E-state index in [4.69, 9.17) is 4.74 Å². The zero-order valence-electron chi connectivity index (χ0n) is 4.76. The number of ketones is 1. The van der Waals surface area contributed by atoms with E-state index in [1.54, 1.807) is 13.2 Å². The van der Waals surface area contributed by atoms with E-state index in [-0.39, 0.29) is 11.9 Å². The highest BCUT2D eigenvalue weighted by Crippen LogP contribution is 2.07. The van der Waals surface area contributed by atoms with Gasteiger partial charge >= 0.3 is 0 Å². The molecule has 0 saturated heterocycles. The highest BCUT2D eigenvalue weighted by atomic mass is 16.5. The van der Waals surface area contributed by atoms with Crippen LogP contribution in [0.1, 0.15) is 6.42 Å². The molecule has 0 saturated carbocycles. The van der Waals surface area contributed by atoms with Gasteiger partial charge in [-0.05, 0) is 12.5 Å². The van der Waals surface area contributed by atoms with Crippen molar-refractivity contribution in [2.75, 3.05) is 7.11 Å². The molecule has 1 aliphatic rings. The molecule has 0 N–H and O–H groups in total. The topological polar surface area (TPSA) is 26.3 Å². The molecule has 0 bridgehead atoms. The van der Waals surface area contributed by atoms with E-state index >= 15 is 0 Å². The minimum Gasteiger partial charge on any atom is -0.373 e. The van der Waals surface area contributed by atoms with Crippen molar-refractivity contribution in [3.63, 3.8) is 0 Å². The lowest BCUT2D eigenvalue weighted by Crippen LogP contribution is -2.15. The third-order valence-corrected chi connectivity index (χ3v) is 1.23. The second kappa shape index (κ2) is 2.09. The number of rotatable bonds is 1. The first-order chi connectivity index (χ1) is 3.84. The number of hydrogen-bond acceptors (Lipinski definition) is 2. The van der Waals surface area contributed by atoms with Gasteiger partial charge in [-0.15, -0.1) is 0 Å². The van der Waals surface area contributed by atoms with Crippen molar-refractivity contribution in [3.05, 3.63) is 12.2 Å². The first-order valence-electron chi connectivity index (χ1n) is 2.58. The Labute approximate surface area is 48.1 Å². The molecule has 0 aromatic rings. The average Bonchev–Trinajstić information content (AvgIpc) is 2.14. The van der Waals surface area contributed by atoms with Gasteiger partial charge in [-0.1, -0.05) is 6.08 Å². The van der Waals surface area contributed by atoms with Crippen molar-refractivity contribution in [1.82, 2.24) is 0 Å². The fraction of sp³-hybridized carbons (Fsp3) is 0.500. The molecule has 1 atom stereocenters. The standard InChI is InChI=1S/C6H8O2/c1-8-6-4-2-3-5(6)7/h2-3,6H,4H2,1H3/t6-/m0/s1. The summed E-state index contributed by atoms with van der Waals surface area (Å²) in [5.41, 5.74) is 0. The molecule has 0 amide bonds. The van der Waals surface area contributed by atoms with Crippen molar-refractivity contribution in [2.45, 2.75) is 12.5 Å². The fourth-order valence-electron chi connectivity index (χ4n) is 0.744. The molecule has 0 aliphatic heterocycles. The van der Waals surface area contributed by atoms with Crippen LogP contribution in [0.25, 0.3) is 0 Å². The Kier molecular flexibility index (Phi) is 1.44. The zero-order chi connectivity index (χ0) is 5.98. The van der Waals surface area contributed by atoms with Crippen molar-refractivity contribution < 1.29 is 9.53 Å². The zero-order valence-corrected chi connectivity index (χ0v) is 4.76. The summed E-state index contributed by atoms with van der Waals surface area (Å²) in [6, 6.07) is 0. The summed E-state index contributed by atoms with van der Waals surface area (Å²) in [7, 11) is 1.55. The number of ether oxygens (including phenoxy) is 1. The van der Waals surface area contributed by atoms with Crippen LogP contribution in [0, 0.1) is 0 Å². The maximum atomic E-state index is 10.6. The van der Waals surface area contributed by atoms with Gasteiger partial charge in [-0.2, -0.15) is 0 Å². The summed E-state index contributed by atoms with van der Waals surface area (Å²) >= 11 is 0. The Balaban J connectivity index is 2.51. The molecular weight excluding hydrogens is 104 g/mol. The molecule has 1 aliphatic carbocycles. The lowest BCUT2D eigenvalue weighted by molar-refractivity contribution is -0.122. The Morgan fingerprint density at radius 3 is 2.88 bits per heavy atom. The molecule has 0 radical (unpaired) electrons. The van der Waals surface area contributed by atoms with Gasteiger partial charge in [0.1, 0.15) is 6.10 Å². The third-order valence-electron chi connectivity index (χ3n) is 1.23. The highest BCUT2D eigenvalue weighted by Gasteiger charge is 2.17. The van der Waals surface area contributed by atoms with E-state index < -0.39 is 0 Å². The van der Waals surface area contributed by atoms with Gasteiger partial charge in [0, 0.05) is 7.11 Å². The summed E-state index contributed by atoms with van der Waals surface area (Å²) < 4.78 is 4.81. The van der Waals surface area contributed by atoms with E-state index in [0.29, 0.717) is 0 Å². The Morgan fingerprint density at radius 2 is 2.62 bits per heavy atom. The van der Waals surface area contributed by atoms with Crippen LogP contribution in [0.3, 0.4) is 0 Å². The number of carbonyl (C=O) groups is 1. The van der Waals surface area contributed by atoms with Crippen molar-refractivity contribution >= 4 is 5.78 Å². The Hall–Kier alpha value is -0.630. The van der Waals surface area contributed by atoms with E-state index in [2.05, 4.69) is 0 Å². The fourth-order valence-corrected chi connectivity index (χ4v) is 0.744. The van der Waals surface area contributed by atoms with Crippen LogP contribution < -0.4 is 0 Å². The van der Waals surface area contributed by atoms with Gasteiger partial charge in [-0.25, -0.2) is 0 Å². The summed E-state index contributed by atoms with van der Waals surface area (Å²) in [6.45, 7) is 0. The summed E-state index contributed by atoms with van der Waals surface area (Å²) in [5.74, 6) is 0.0903. The van der Waals surface area contributed by atoms with E-state index in [0.717, 1.165) is 6.42 Å². The molecule has 0 aromatic heterocycles. The molecule has 0 spiro atoms. The summed E-state index contributed by atoms with van der Waals surface area (Å²) in [6.07, 6.45) is 3.95. The Bertz CT molecular complexity index is 126. The van der Waals surface area contributed by atoms with Crippen LogP contribution in [0.2, 0.25) is 0 Å². The van der Waals surface area contributed by atoms with Crippen LogP contribution in [0.5, 0.6) is 0 Å². The average molecular weight is 112 g/mol. The van der Waals surface area contributed by atoms with Gasteiger partial charge in [0.25, 0.3) is 0 Å². The van der Waals surface area contributed by atoms with Crippen LogP contribution in [0.15, 0.2) is 12.2 Å². The van der Waals surface area contributed by atoms with Crippen molar-refractivity contribution in [1.29, 1.82) is 0 Å². The molecular formula is C6H8O2. The quantitative estimate of drug-likeness (QED) is 0.494. The van der Waals surface area contributed by atoms with Gasteiger partial charge in [0.15, 0.2) is 5.78 Å². The SMILES string of the molecule is CO[C@H]1CC=CC1=O. The number of methoxy groups -OCH3 is 1. The van der Waals surface area contributed by atoms with E-state index in [9.17, 15) is 4.79 Å². The maximum Gasteiger partial charge on any atom is 0.184 e. The highest BCUT2D eigenvalue weighted by molar-refractivity contribution is 5.95. The smallest absolute Gasteiger partial charge is 0.184 e. The molecule has 2 heteroatoms. The second-order valence-electron chi connectivity index (χ2n) is 1.76. The monoisotopic (exact) mass is 112 g/mol. The molecule has 0 fully saturated rings. The first kappa shape index (κ1) is 5.51. The van der Waals surface area contributed by atoms with Gasteiger partial charge < -0.3 is 4.74 Å². The van der Waals surface area contributed by atoms with Gasteiger partial charge in [0.05, 0.1) is 0 Å². The molecule has 44 valence electrons. The molecule has 1 rings (SSSR count). The lowest BCUT2D eigenvalue weighted by Gasteiger charge is -2.01. The maximum absolute atomic E-state index is 10.6. The van der Waals surface area contributed by atoms with Gasteiger partial charge in [0.2, 0.25) is 0 Å². The number of carbonyl (C=O) groups excluding carboxylic acids is 1. The molecule has 0 unspecified atom stereocenters. The third kappa shape index (κ3) is 0.793. The molecule has 8 heavy (non-hydrogen) atoms. The lowest BCUT2D eigenvalue weighted by atomic mass is 10.3. The van der Waals surface area contributed by atoms with Crippen LogP contribution >= 0.6 is 0 Å². The summed E-state index contributed by atoms with van der Waals surface area (Å²) in [5, 5.41) is 0. The second-order valence-corrected chi connectivity index (χ2v) is 1.76. The van der Waals surface area contributed by atoms with Gasteiger partial charge in [-0.3, -0.25) is 4.79 Å². The minimum atomic E-state index is -0.185. The number of hydrogen-bond donors (Lipinski definition) is 0. The van der Waals surface area contributed by atoms with Crippen LogP contribution in [0.4, 0.5) is 0 Å². The molecule has 0 heterocycles. The largest absolute Gasteiger partial charge is 0.373 e. The first-order valence-corrected chi connectivity index (χ1v) is 2.58. The Morgan fingerprint density at radius 1 is 1.88 bits per heavy atom. The van der Waals surface area contributed by atoms with E-state index in [1.165, 1.54) is 0 Å². The van der Waals surface area contributed by atoms with Crippen LogP contribution in [-0.4, -0.2) is 19.0 Å². The van der Waals surface area contributed by atoms with Crippen molar-refractivity contribution in [3.8, 4) is 0 Å². The van der Waals surface area contributed by atoms with Crippen molar-refractivity contribution in [2.24, 2.45) is 0 Å². The van der Waals surface area contributed by atoms with Crippen LogP contribution in [-0.2, 0) is 9.53 Å². The summed E-state index contributed by atoms with van der Waals surface area (Å²) in [4.78, 5) is 10.6. The normalized spacial score (nSPS) is 27.1. The molecule has 2 nitrogen and oxygen atoms in total. The predicted molar refractivity (Wildman–Crippen MR) is 29.6 cm³/mol. The predicted octanol–water partition coefficient (Wildman–Crippen LogP) is 0.530.